The molecular formula is C8H16FN. The van der Waals surface area contributed by atoms with Gasteiger partial charge in [-0.1, -0.05) is 0 Å². The Hall–Kier alpha value is -0.110. The molecule has 0 bridgehead atoms. The Morgan fingerprint density at radius 1 is 1.50 bits per heavy atom. The molecule has 1 aliphatic heterocycles. The monoisotopic (exact) mass is 145 g/mol. The van der Waals surface area contributed by atoms with Gasteiger partial charge in [0, 0.05) is 18.6 Å². The molecule has 2 atom stereocenters. The van der Waals surface area contributed by atoms with Gasteiger partial charge in [-0.05, 0) is 27.2 Å². The van der Waals surface area contributed by atoms with Gasteiger partial charge in [-0.3, -0.25) is 4.90 Å². The highest BCUT2D eigenvalue weighted by Gasteiger charge is 2.29. The van der Waals surface area contributed by atoms with Crippen molar-refractivity contribution >= 4 is 0 Å². The van der Waals surface area contributed by atoms with Gasteiger partial charge in [-0.25, -0.2) is 4.39 Å². The van der Waals surface area contributed by atoms with Crippen molar-refractivity contribution in [3.05, 3.63) is 0 Å². The maximum atomic E-state index is 12.7. The van der Waals surface area contributed by atoms with Crippen LogP contribution in [-0.4, -0.2) is 29.7 Å². The van der Waals surface area contributed by atoms with Crippen molar-refractivity contribution in [1.29, 1.82) is 0 Å². The van der Waals surface area contributed by atoms with Gasteiger partial charge in [-0.2, -0.15) is 0 Å². The topological polar surface area (TPSA) is 3.24 Å². The molecule has 10 heavy (non-hydrogen) atoms. The van der Waals surface area contributed by atoms with E-state index in [1.807, 2.05) is 0 Å². The number of halogens is 1. The van der Waals surface area contributed by atoms with Crippen LogP contribution in [0.15, 0.2) is 0 Å². The fraction of sp³-hybridized carbons (Fsp3) is 1.00. The first-order valence-corrected chi connectivity index (χ1v) is 4.01. The minimum absolute atomic E-state index is 0.440. The molecule has 1 aliphatic rings. The fourth-order valence-corrected chi connectivity index (χ4v) is 1.71. The molecule has 60 valence electrons. The van der Waals surface area contributed by atoms with Crippen LogP contribution in [0, 0.1) is 0 Å². The Labute approximate surface area is 62.2 Å². The third-order valence-corrected chi connectivity index (χ3v) is 2.24. The normalized spacial score (nSPS) is 35.7. The molecule has 1 rings (SSSR count). The third-order valence-electron chi connectivity index (χ3n) is 2.24. The molecule has 0 N–H and O–H groups in total. The molecule has 2 heteroatoms. The van der Waals surface area contributed by atoms with Crippen molar-refractivity contribution in [2.45, 2.75) is 45.4 Å². The van der Waals surface area contributed by atoms with Gasteiger partial charge >= 0.3 is 0 Å². The largest absolute Gasteiger partial charge is 0.295 e. The number of nitrogens with zero attached hydrogens (tertiary/aromatic N) is 1. The van der Waals surface area contributed by atoms with E-state index in [1.54, 1.807) is 0 Å². The Balaban J connectivity index is 2.46. The van der Waals surface area contributed by atoms with Gasteiger partial charge in [0.1, 0.15) is 6.17 Å². The summed E-state index contributed by atoms with van der Waals surface area (Å²) >= 11 is 0. The highest BCUT2D eigenvalue weighted by molar-refractivity contribution is 4.83. The lowest BCUT2D eigenvalue weighted by atomic mass is 10.2. The molecule has 0 aromatic heterocycles. The first-order valence-electron chi connectivity index (χ1n) is 4.01. The summed E-state index contributed by atoms with van der Waals surface area (Å²) in [5.41, 5.74) is 0. The number of hydrogen-bond donors (Lipinski definition) is 0. The molecular weight excluding hydrogens is 129 g/mol. The average molecular weight is 145 g/mol. The van der Waals surface area contributed by atoms with Crippen LogP contribution in [0.1, 0.15) is 27.2 Å². The highest BCUT2D eigenvalue weighted by atomic mass is 19.1. The van der Waals surface area contributed by atoms with E-state index in [1.165, 1.54) is 0 Å². The molecule has 0 unspecified atom stereocenters. The molecule has 1 nitrogen and oxygen atoms in total. The zero-order chi connectivity index (χ0) is 7.72. The molecule has 0 amide bonds. The van der Waals surface area contributed by atoms with Crippen LogP contribution in [0.4, 0.5) is 4.39 Å². The molecule has 0 radical (unpaired) electrons. The lowest BCUT2D eigenvalue weighted by Crippen LogP contribution is -2.33. The standard InChI is InChI=1S/C8H16FN/c1-6(2)10-5-8(9)4-7(10)3/h6-8H,4-5H2,1-3H3/t7-,8+/m0/s1. The quantitative estimate of drug-likeness (QED) is 0.544. The molecule has 0 aliphatic carbocycles. The van der Waals surface area contributed by atoms with Crippen LogP contribution in [0.25, 0.3) is 0 Å². The zero-order valence-electron chi connectivity index (χ0n) is 6.97. The molecule has 1 heterocycles. The van der Waals surface area contributed by atoms with E-state index < -0.39 is 6.17 Å². The van der Waals surface area contributed by atoms with Crippen LogP contribution < -0.4 is 0 Å². The van der Waals surface area contributed by atoms with E-state index in [0.29, 0.717) is 18.6 Å². The van der Waals surface area contributed by atoms with Gasteiger partial charge < -0.3 is 0 Å². The first-order chi connectivity index (χ1) is 4.61. The van der Waals surface area contributed by atoms with E-state index in [-0.39, 0.29) is 0 Å². The second-order valence-corrected chi connectivity index (χ2v) is 3.47. The van der Waals surface area contributed by atoms with Crippen molar-refractivity contribution in [2.75, 3.05) is 6.54 Å². The maximum absolute atomic E-state index is 12.7. The van der Waals surface area contributed by atoms with Crippen LogP contribution >= 0.6 is 0 Å². The van der Waals surface area contributed by atoms with Crippen LogP contribution in [0.3, 0.4) is 0 Å². The van der Waals surface area contributed by atoms with Crippen molar-refractivity contribution in [3.8, 4) is 0 Å². The summed E-state index contributed by atoms with van der Waals surface area (Å²) < 4.78 is 12.7. The smallest absolute Gasteiger partial charge is 0.114 e. The Kier molecular flexibility index (Phi) is 2.29. The predicted octanol–water partition coefficient (Wildman–Crippen LogP) is 1.83. The Morgan fingerprint density at radius 3 is 2.30 bits per heavy atom. The fourth-order valence-electron chi connectivity index (χ4n) is 1.71. The summed E-state index contributed by atoms with van der Waals surface area (Å²) in [5.74, 6) is 0. The number of rotatable bonds is 1. The SMILES string of the molecule is CC(C)N1C[C@H](F)C[C@@H]1C. The molecule has 0 aromatic rings. The predicted molar refractivity (Wildman–Crippen MR) is 40.8 cm³/mol. The molecule has 0 spiro atoms. The average Bonchev–Trinajstić information content (AvgIpc) is 2.10. The summed E-state index contributed by atoms with van der Waals surface area (Å²) in [6, 6.07) is 0.936. The summed E-state index contributed by atoms with van der Waals surface area (Å²) in [7, 11) is 0. The van der Waals surface area contributed by atoms with Gasteiger partial charge in [0.05, 0.1) is 0 Å². The zero-order valence-corrected chi connectivity index (χ0v) is 6.97. The van der Waals surface area contributed by atoms with Gasteiger partial charge in [0.2, 0.25) is 0 Å². The Morgan fingerprint density at radius 2 is 2.10 bits per heavy atom. The van der Waals surface area contributed by atoms with E-state index >= 15 is 0 Å². The summed E-state index contributed by atoms with van der Waals surface area (Å²) in [6.45, 7) is 6.97. The van der Waals surface area contributed by atoms with Crippen LogP contribution in [-0.2, 0) is 0 Å². The first kappa shape index (κ1) is 7.99. The van der Waals surface area contributed by atoms with E-state index in [2.05, 4.69) is 25.7 Å². The van der Waals surface area contributed by atoms with Crippen molar-refractivity contribution < 1.29 is 4.39 Å². The lowest BCUT2D eigenvalue weighted by molar-refractivity contribution is 0.205. The van der Waals surface area contributed by atoms with Crippen molar-refractivity contribution in [3.63, 3.8) is 0 Å². The highest BCUT2D eigenvalue weighted by Crippen LogP contribution is 2.21. The van der Waals surface area contributed by atoms with Gasteiger partial charge in [0.25, 0.3) is 0 Å². The van der Waals surface area contributed by atoms with E-state index in [4.69, 9.17) is 0 Å². The van der Waals surface area contributed by atoms with E-state index in [9.17, 15) is 4.39 Å². The molecule has 0 saturated carbocycles. The number of likely N-dealkylation sites (tertiary alicyclic amines) is 1. The summed E-state index contributed by atoms with van der Waals surface area (Å²) in [5, 5.41) is 0. The van der Waals surface area contributed by atoms with Gasteiger partial charge in [-0.15, -0.1) is 0 Å². The van der Waals surface area contributed by atoms with Crippen LogP contribution in [0.2, 0.25) is 0 Å². The summed E-state index contributed by atoms with van der Waals surface area (Å²) in [6.07, 6.45) is 0.135. The minimum Gasteiger partial charge on any atom is -0.295 e. The maximum Gasteiger partial charge on any atom is 0.114 e. The molecule has 1 saturated heterocycles. The Bertz CT molecular complexity index is 114. The summed E-state index contributed by atoms with van der Waals surface area (Å²) in [4.78, 5) is 2.21. The second kappa shape index (κ2) is 2.87. The lowest BCUT2D eigenvalue weighted by Gasteiger charge is -2.24. The van der Waals surface area contributed by atoms with Crippen molar-refractivity contribution in [2.24, 2.45) is 0 Å². The van der Waals surface area contributed by atoms with Crippen LogP contribution in [0.5, 0.6) is 0 Å². The van der Waals surface area contributed by atoms with E-state index in [0.717, 1.165) is 6.42 Å². The molecule has 0 aromatic carbocycles. The van der Waals surface area contributed by atoms with Crippen molar-refractivity contribution in [1.82, 2.24) is 4.90 Å². The molecule has 1 fully saturated rings. The number of alkyl halides is 1. The van der Waals surface area contributed by atoms with Gasteiger partial charge in [0.15, 0.2) is 0 Å². The second-order valence-electron chi connectivity index (χ2n) is 3.47. The third kappa shape index (κ3) is 1.48. The minimum atomic E-state index is -0.586. The number of hydrogen-bond acceptors (Lipinski definition) is 1.